The Morgan fingerprint density at radius 2 is 1.88 bits per heavy atom. The Kier molecular flexibility index (Phi) is 6.44. The molecule has 0 aliphatic carbocycles. The summed E-state index contributed by atoms with van der Waals surface area (Å²) in [6, 6.07) is 7.85. The van der Waals surface area contributed by atoms with Gasteiger partial charge in [0.1, 0.15) is 0 Å². The van der Waals surface area contributed by atoms with Crippen molar-refractivity contribution in [3.05, 3.63) is 35.9 Å². The largest absolute Gasteiger partial charge is 1.00 e. The van der Waals surface area contributed by atoms with Gasteiger partial charge in [-0.2, -0.15) is 0 Å². The minimum absolute atomic E-state index is 0. The van der Waals surface area contributed by atoms with E-state index in [0.29, 0.717) is 0 Å². The quantitative estimate of drug-likeness (QED) is 0.449. The Morgan fingerprint density at radius 1 is 1.28 bits per heavy atom. The fraction of sp³-hybridized carbons (Fsp3) is 0.471. The number of carboxylic acid groups (broad SMARTS) is 1. The number of nitrogens with zero attached hydrogens (tertiary/aromatic N) is 1. The molecule has 0 spiro atoms. The Bertz CT molecular complexity index is 697. The first kappa shape index (κ1) is 20.9. The molecule has 8 heteroatoms. The van der Waals surface area contributed by atoms with Gasteiger partial charge in [-0.3, -0.25) is 9.59 Å². The van der Waals surface area contributed by atoms with Gasteiger partial charge in [0.15, 0.2) is 0 Å². The zero-order valence-corrected chi connectivity index (χ0v) is 18.6. The molecule has 1 aromatic carbocycles. The fourth-order valence-corrected chi connectivity index (χ4v) is 5.31. The number of benzene rings is 1. The standard InChI is InChI=1S/C17H20N2O4S.K/c1-9(20)18-12(10-7-5-4-6-8-10)11-14(21)19-13(16(22)23)17(2,3)24-15(11)19;/h4-8,11-13,15H,1-3H3,(H,18,20)(H,22,23);/q;+1/p-1/t11-,12?,13+,15-;/m1./s1. The maximum atomic E-state index is 12.7. The predicted molar refractivity (Wildman–Crippen MR) is 87.6 cm³/mol. The number of thioether (sulfide) groups is 1. The number of hydrogen-bond acceptors (Lipinski definition) is 5. The SMILES string of the molecule is CC(=O)NC(c1ccccc1)[C@@H]1C(=O)N2[C@@H]1SC(C)(C)[C@@H]2C(=O)[O-].[K+]. The molecule has 2 amide bonds. The average Bonchev–Trinajstić information content (AvgIpc) is 2.75. The third-order valence-corrected chi connectivity index (χ3v) is 6.17. The molecule has 2 heterocycles. The molecule has 2 aliphatic heterocycles. The molecule has 6 nitrogen and oxygen atoms in total. The monoisotopic (exact) mass is 386 g/mol. The van der Waals surface area contributed by atoms with E-state index in [4.69, 9.17) is 0 Å². The number of carboxylic acids is 1. The van der Waals surface area contributed by atoms with Crippen LogP contribution in [0, 0.1) is 5.92 Å². The van der Waals surface area contributed by atoms with E-state index in [0.717, 1.165) is 5.56 Å². The van der Waals surface area contributed by atoms with E-state index in [-0.39, 0.29) is 68.6 Å². The molecule has 0 radical (unpaired) electrons. The summed E-state index contributed by atoms with van der Waals surface area (Å²) >= 11 is 1.45. The molecule has 2 aliphatic rings. The smallest absolute Gasteiger partial charge is 0.548 e. The van der Waals surface area contributed by atoms with E-state index < -0.39 is 28.7 Å². The number of aliphatic carboxylic acids is 1. The maximum absolute atomic E-state index is 12.7. The van der Waals surface area contributed by atoms with E-state index in [1.165, 1.54) is 23.6 Å². The molecule has 128 valence electrons. The van der Waals surface area contributed by atoms with Gasteiger partial charge in [0.25, 0.3) is 0 Å². The molecule has 25 heavy (non-hydrogen) atoms. The predicted octanol–water partition coefficient (Wildman–Crippen LogP) is -2.70. The third-order valence-electron chi connectivity index (χ3n) is 4.58. The van der Waals surface area contributed by atoms with Crippen LogP contribution in [0.5, 0.6) is 0 Å². The van der Waals surface area contributed by atoms with Crippen molar-refractivity contribution >= 4 is 29.5 Å². The second kappa shape index (κ2) is 7.70. The van der Waals surface area contributed by atoms with Crippen LogP contribution in [0.4, 0.5) is 0 Å². The first-order valence-electron chi connectivity index (χ1n) is 7.77. The van der Waals surface area contributed by atoms with Crippen molar-refractivity contribution in [1.82, 2.24) is 10.2 Å². The molecule has 2 fully saturated rings. The van der Waals surface area contributed by atoms with Crippen molar-refractivity contribution in [2.75, 3.05) is 0 Å². The van der Waals surface area contributed by atoms with E-state index >= 15 is 0 Å². The zero-order chi connectivity index (χ0) is 17.6. The number of hydrogen-bond donors (Lipinski definition) is 1. The molecule has 0 saturated carbocycles. The normalized spacial score (nSPS) is 27.6. The second-order valence-corrected chi connectivity index (χ2v) is 8.46. The molecular formula is C17H19KN2O4S. The molecule has 1 N–H and O–H groups in total. The van der Waals surface area contributed by atoms with Gasteiger partial charge in [0.05, 0.1) is 29.3 Å². The molecule has 0 bridgehead atoms. The van der Waals surface area contributed by atoms with Gasteiger partial charge in [-0.25, -0.2) is 0 Å². The third kappa shape index (κ3) is 3.70. The van der Waals surface area contributed by atoms with Gasteiger partial charge >= 0.3 is 51.4 Å². The van der Waals surface area contributed by atoms with Crippen LogP contribution in [-0.4, -0.2) is 38.8 Å². The van der Waals surface area contributed by atoms with Crippen LogP contribution in [0.15, 0.2) is 30.3 Å². The summed E-state index contributed by atoms with van der Waals surface area (Å²) < 4.78 is -0.634. The van der Waals surface area contributed by atoms with Gasteiger partial charge in [0, 0.05) is 11.7 Å². The summed E-state index contributed by atoms with van der Waals surface area (Å²) in [6.07, 6.45) is 0. The molecule has 2 saturated heterocycles. The number of β-lactam (4-membered cyclic amide) rings is 1. The Morgan fingerprint density at radius 3 is 2.40 bits per heavy atom. The van der Waals surface area contributed by atoms with E-state index in [1.807, 2.05) is 30.3 Å². The van der Waals surface area contributed by atoms with Crippen LogP contribution >= 0.6 is 11.8 Å². The Hall–Kier alpha value is -0.384. The molecule has 0 aromatic heterocycles. The van der Waals surface area contributed by atoms with Crippen molar-refractivity contribution in [2.24, 2.45) is 5.92 Å². The first-order valence-corrected chi connectivity index (χ1v) is 8.65. The Balaban J connectivity index is 0.00000225. The summed E-state index contributed by atoms with van der Waals surface area (Å²) in [7, 11) is 0. The minimum atomic E-state index is -1.24. The number of carbonyl (C=O) groups excluding carboxylic acids is 3. The van der Waals surface area contributed by atoms with Gasteiger partial charge in [-0.1, -0.05) is 30.3 Å². The average molecular weight is 387 g/mol. The zero-order valence-electron chi connectivity index (χ0n) is 14.7. The van der Waals surface area contributed by atoms with E-state index in [2.05, 4.69) is 5.32 Å². The van der Waals surface area contributed by atoms with Crippen LogP contribution in [0.2, 0.25) is 0 Å². The van der Waals surface area contributed by atoms with E-state index in [9.17, 15) is 19.5 Å². The maximum Gasteiger partial charge on any atom is 1.00 e. The van der Waals surface area contributed by atoms with Crippen molar-refractivity contribution in [1.29, 1.82) is 0 Å². The number of amides is 2. The van der Waals surface area contributed by atoms with Crippen LogP contribution in [0.3, 0.4) is 0 Å². The fourth-order valence-electron chi connectivity index (χ4n) is 3.59. The number of fused-ring (bicyclic) bond motifs is 1. The number of carbonyl (C=O) groups is 3. The topological polar surface area (TPSA) is 89.5 Å². The van der Waals surface area contributed by atoms with Crippen LogP contribution < -0.4 is 61.8 Å². The minimum Gasteiger partial charge on any atom is -0.548 e. The van der Waals surface area contributed by atoms with Crippen molar-refractivity contribution in [3.8, 4) is 0 Å². The summed E-state index contributed by atoms with van der Waals surface area (Å²) in [5.74, 6) is -2.20. The summed E-state index contributed by atoms with van der Waals surface area (Å²) in [6.45, 7) is 5.01. The molecule has 1 aromatic rings. The molecule has 3 rings (SSSR count). The first-order chi connectivity index (χ1) is 11.2. The van der Waals surface area contributed by atoms with Crippen LogP contribution in [-0.2, 0) is 14.4 Å². The van der Waals surface area contributed by atoms with Crippen molar-refractivity contribution in [2.45, 2.75) is 43.0 Å². The summed E-state index contributed by atoms with van der Waals surface area (Å²) in [5, 5.41) is 14.1. The summed E-state index contributed by atoms with van der Waals surface area (Å²) in [4.78, 5) is 37.2. The van der Waals surface area contributed by atoms with Gasteiger partial charge in [-0.05, 0) is 19.4 Å². The Labute approximate surface area is 193 Å². The number of nitrogens with one attached hydrogen (secondary N) is 1. The number of rotatable bonds is 4. The van der Waals surface area contributed by atoms with Gasteiger partial charge < -0.3 is 20.1 Å². The van der Waals surface area contributed by atoms with Crippen molar-refractivity contribution < 1.29 is 70.9 Å². The second-order valence-electron chi connectivity index (χ2n) is 6.69. The van der Waals surface area contributed by atoms with E-state index in [1.54, 1.807) is 13.8 Å². The molecular weight excluding hydrogens is 367 g/mol. The van der Waals surface area contributed by atoms with Crippen LogP contribution in [0.1, 0.15) is 32.4 Å². The molecule has 4 atom stereocenters. The van der Waals surface area contributed by atoms with Crippen molar-refractivity contribution in [3.63, 3.8) is 0 Å². The van der Waals surface area contributed by atoms with Gasteiger partial charge in [0.2, 0.25) is 11.8 Å². The van der Waals surface area contributed by atoms with Crippen LogP contribution in [0.25, 0.3) is 0 Å². The van der Waals surface area contributed by atoms with Gasteiger partial charge in [-0.15, -0.1) is 11.8 Å². The molecule has 1 unspecified atom stereocenters. The summed E-state index contributed by atoms with van der Waals surface area (Å²) in [5.41, 5.74) is 0.834.